The third-order valence-corrected chi connectivity index (χ3v) is 23.2. The first-order valence-electron chi connectivity index (χ1n) is 30.8. The minimum atomic E-state index is -3.78. The summed E-state index contributed by atoms with van der Waals surface area (Å²) in [5, 5.41) is 22.6. The van der Waals surface area contributed by atoms with Gasteiger partial charge in [0.25, 0.3) is 11.8 Å². The van der Waals surface area contributed by atoms with Crippen LogP contribution in [-0.4, -0.2) is 102 Å². The number of aliphatic hydroxyl groups excluding tert-OH is 2. The summed E-state index contributed by atoms with van der Waals surface area (Å²) in [4.78, 5) is 31.2. The summed E-state index contributed by atoms with van der Waals surface area (Å²) in [5.74, 6) is 1.34. The van der Waals surface area contributed by atoms with Gasteiger partial charge in [-0.2, -0.15) is 0 Å². The average Bonchev–Trinajstić information content (AvgIpc) is 1.87. The normalized spacial score (nSPS) is 28.7. The number of anilines is 2. The van der Waals surface area contributed by atoms with E-state index >= 15 is 0 Å². The molecule has 460 valence electrons. The Labute approximate surface area is 518 Å². The quantitative estimate of drug-likeness (QED) is 0.0691. The number of nitrogens with one attached hydrogen (secondary N) is 2. The average molecular weight is 1250 g/mol. The number of aryl methyl sites for hydroxylation is 2. The number of sulfonamides is 2. The zero-order chi connectivity index (χ0) is 60.7. The molecule has 2 heterocycles. The number of ether oxygens (including phenoxy) is 2. The molecule has 4 N–H and O–H groups in total. The number of halogens is 2. The molecule has 2 aliphatic heterocycles. The molecule has 86 heavy (non-hydrogen) atoms. The number of amides is 2. The molecule has 14 nitrogen and oxygen atoms in total. The number of rotatable bonds is 18. The van der Waals surface area contributed by atoms with E-state index in [4.69, 9.17) is 32.7 Å². The van der Waals surface area contributed by atoms with Crippen LogP contribution in [0, 0.1) is 47.3 Å². The van der Waals surface area contributed by atoms with Crippen LogP contribution in [-0.2, 0) is 43.7 Å². The topological polar surface area (TPSA) is 192 Å². The molecule has 8 aliphatic rings. The van der Waals surface area contributed by atoms with Crippen LogP contribution in [0.15, 0.2) is 122 Å². The molecule has 6 aliphatic carbocycles. The van der Waals surface area contributed by atoms with E-state index in [-0.39, 0.29) is 80.8 Å². The summed E-state index contributed by atoms with van der Waals surface area (Å²) in [6.45, 7) is 15.2. The van der Waals surface area contributed by atoms with Crippen molar-refractivity contribution in [3.8, 4) is 11.5 Å². The van der Waals surface area contributed by atoms with Gasteiger partial charge >= 0.3 is 0 Å². The zero-order valence-electron chi connectivity index (χ0n) is 49.3. The summed E-state index contributed by atoms with van der Waals surface area (Å²) in [6.07, 6.45) is 21.4. The molecule has 2 amide bonds. The lowest BCUT2D eigenvalue weighted by Gasteiger charge is -2.45. The maximum absolute atomic E-state index is 13.3. The van der Waals surface area contributed by atoms with Gasteiger partial charge in [0.2, 0.25) is 20.0 Å². The highest BCUT2D eigenvalue weighted by Gasteiger charge is 2.47. The van der Waals surface area contributed by atoms with Crippen molar-refractivity contribution in [1.82, 2.24) is 9.44 Å². The highest BCUT2D eigenvalue weighted by atomic mass is 35.5. The number of carbonyl (C=O) groups excluding carboxylic acids is 2. The molecule has 12 rings (SSSR count). The smallest absolute Gasteiger partial charge is 0.264 e. The van der Waals surface area contributed by atoms with Gasteiger partial charge in [0.15, 0.2) is 0 Å². The molecule has 4 aromatic carbocycles. The summed E-state index contributed by atoms with van der Waals surface area (Å²) in [7, 11) is -7.56. The van der Waals surface area contributed by atoms with Crippen molar-refractivity contribution in [1.29, 1.82) is 0 Å². The van der Waals surface area contributed by atoms with E-state index in [9.17, 15) is 36.6 Å². The van der Waals surface area contributed by atoms with Gasteiger partial charge in [-0.05, 0) is 221 Å². The number of aliphatic hydroxyl groups is 2. The van der Waals surface area contributed by atoms with Gasteiger partial charge in [0.1, 0.15) is 11.5 Å². The van der Waals surface area contributed by atoms with E-state index < -0.39 is 44.1 Å². The molecular formula is C68H82Cl2N4O10S2. The minimum absolute atomic E-state index is 0.0446. The first-order valence-corrected chi connectivity index (χ1v) is 34.9. The minimum Gasteiger partial charge on any atom is -0.490 e. The van der Waals surface area contributed by atoms with E-state index in [1.165, 1.54) is 22.3 Å². The van der Waals surface area contributed by atoms with Crippen LogP contribution in [0.1, 0.15) is 121 Å². The lowest BCUT2D eigenvalue weighted by Crippen LogP contribution is -2.49. The number of carbonyl (C=O) groups is 2. The molecule has 18 heteroatoms. The van der Waals surface area contributed by atoms with Gasteiger partial charge in [-0.15, -0.1) is 13.2 Å². The predicted octanol–water partition coefficient (Wildman–Crippen LogP) is 11.3. The Kier molecular flexibility index (Phi) is 18.4. The molecule has 12 atom stereocenters. The van der Waals surface area contributed by atoms with Crippen LogP contribution < -0.4 is 28.7 Å². The number of hydrogen-bond donors (Lipinski definition) is 4. The van der Waals surface area contributed by atoms with Crippen molar-refractivity contribution in [2.75, 3.05) is 60.7 Å². The van der Waals surface area contributed by atoms with Crippen LogP contribution in [0.25, 0.3) is 0 Å². The van der Waals surface area contributed by atoms with Crippen LogP contribution in [0.4, 0.5) is 11.4 Å². The Morgan fingerprint density at radius 2 is 1.05 bits per heavy atom. The molecule has 4 aromatic rings. The fraction of sp³-hybridized carbons (Fsp3) is 0.500. The molecule has 2 spiro atoms. The van der Waals surface area contributed by atoms with Gasteiger partial charge in [-0.3, -0.25) is 9.59 Å². The fourth-order valence-electron chi connectivity index (χ4n) is 14.9. The molecule has 4 saturated carbocycles. The van der Waals surface area contributed by atoms with Crippen LogP contribution in [0.5, 0.6) is 11.5 Å². The molecule has 0 saturated heterocycles. The third-order valence-electron chi connectivity index (χ3n) is 20.0. The maximum atomic E-state index is 13.3. The van der Waals surface area contributed by atoms with E-state index in [2.05, 4.69) is 56.7 Å². The van der Waals surface area contributed by atoms with Crippen molar-refractivity contribution in [3.05, 3.63) is 166 Å². The summed E-state index contributed by atoms with van der Waals surface area (Å²) in [5.41, 5.74) is 6.55. The second kappa shape index (κ2) is 25.5. The Bertz CT molecular complexity index is 3310. The van der Waals surface area contributed by atoms with Crippen molar-refractivity contribution in [2.24, 2.45) is 47.3 Å². The van der Waals surface area contributed by atoms with Gasteiger partial charge in [-0.1, -0.05) is 71.8 Å². The standard InChI is InChI=1S/2C34H41ClN2O5S/c2*1-3-6-22-15-26(22)19-43(40,41)36-33(39)24-9-13-32-30(17-24)37(18-25-8-11-28(25)31(38)4-2)20-34(21-42-32)14-5-7-23-16-27(35)10-12-29(23)34/h2*3-4,6,9-10,12-13,16-17,22,25-26,28,31,38H,2,5,7-8,11,14-15,18-21H2,1H3,(H,36,39)/b2*6-3+/t22-,25+,26-,28-,31+,34+;22-,25-,26-,28+,31-,34-/m10/s1. The van der Waals surface area contributed by atoms with E-state index in [1.54, 1.807) is 48.6 Å². The van der Waals surface area contributed by atoms with Crippen LogP contribution >= 0.6 is 23.2 Å². The Hall–Kier alpha value is -5.62. The lowest BCUT2D eigenvalue weighted by atomic mass is 9.68. The van der Waals surface area contributed by atoms with Gasteiger partial charge in [0, 0.05) is 58.2 Å². The first kappa shape index (κ1) is 62.0. The highest BCUT2D eigenvalue weighted by Crippen LogP contribution is 2.50. The van der Waals surface area contributed by atoms with Crippen molar-refractivity contribution in [2.45, 2.75) is 114 Å². The van der Waals surface area contributed by atoms with Crippen molar-refractivity contribution < 1.29 is 46.1 Å². The molecule has 0 unspecified atom stereocenters. The number of allylic oxidation sites excluding steroid dienone is 4. The van der Waals surface area contributed by atoms with Crippen LogP contribution in [0.3, 0.4) is 0 Å². The van der Waals surface area contributed by atoms with Crippen LogP contribution in [0.2, 0.25) is 10.0 Å². The summed E-state index contributed by atoms with van der Waals surface area (Å²) >= 11 is 12.8. The fourth-order valence-corrected chi connectivity index (χ4v) is 18.2. The molecule has 0 aromatic heterocycles. The van der Waals surface area contributed by atoms with E-state index in [1.807, 2.05) is 50.3 Å². The van der Waals surface area contributed by atoms with Gasteiger partial charge < -0.3 is 29.5 Å². The summed E-state index contributed by atoms with van der Waals surface area (Å²) < 4.78 is 69.1. The highest BCUT2D eigenvalue weighted by molar-refractivity contribution is 7.90. The summed E-state index contributed by atoms with van der Waals surface area (Å²) in [6, 6.07) is 22.7. The predicted molar refractivity (Wildman–Crippen MR) is 341 cm³/mol. The second-order valence-corrected chi connectivity index (χ2v) is 30.2. The number of fused-ring (bicyclic) bond motifs is 6. The molecule has 4 fully saturated rings. The Balaban J connectivity index is 0.000000179. The van der Waals surface area contributed by atoms with Gasteiger partial charge in [0.05, 0.1) is 48.3 Å². The molecule has 0 radical (unpaired) electrons. The third kappa shape index (κ3) is 13.5. The first-order chi connectivity index (χ1) is 41.2. The van der Waals surface area contributed by atoms with Gasteiger partial charge in [-0.25, -0.2) is 26.3 Å². The Morgan fingerprint density at radius 3 is 1.42 bits per heavy atom. The Morgan fingerprint density at radius 1 is 0.628 bits per heavy atom. The van der Waals surface area contributed by atoms with E-state index in [0.29, 0.717) is 50.9 Å². The largest absolute Gasteiger partial charge is 0.490 e. The number of nitrogens with zero attached hydrogens (tertiary/aromatic N) is 2. The van der Waals surface area contributed by atoms with Crippen molar-refractivity contribution >= 4 is 66.4 Å². The SMILES string of the molecule is C=C[C@H](O)[C@@H]1CC[C@H]1CN1C[C@@]2(CCCc3cc(Cl)ccc32)COc2ccc(C(=O)NS(=O)(=O)C[C@@H]3C[C@@H]3/C=C/C)cc21.C=C[C@H](O)[C@@H]1CC[C@H]1CN1C[C@@]2(CCCc3cc(Cl)ccc32)COc2ccc(C(=O)NS(=O)(=O)C[C@H]3C[C@H]3/C=C/C)cc21. The number of hydrogen-bond acceptors (Lipinski definition) is 12. The zero-order valence-corrected chi connectivity index (χ0v) is 52.5. The molecular weight excluding hydrogens is 1170 g/mol. The van der Waals surface area contributed by atoms with E-state index in [0.717, 1.165) is 98.5 Å². The number of benzene rings is 4. The van der Waals surface area contributed by atoms with Crippen molar-refractivity contribution in [3.63, 3.8) is 0 Å². The second-order valence-electron chi connectivity index (χ2n) is 25.8. The maximum Gasteiger partial charge on any atom is 0.264 e. The molecule has 0 bridgehead atoms. The lowest BCUT2D eigenvalue weighted by molar-refractivity contribution is 0.0458. The monoisotopic (exact) mass is 1250 g/mol.